The van der Waals surface area contributed by atoms with Crippen LogP contribution in [0.5, 0.6) is 0 Å². The van der Waals surface area contributed by atoms with Crippen molar-refractivity contribution in [3.63, 3.8) is 0 Å². The molecule has 1 saturated heterocycles. The molecule has 0 saturated carbocycles. The van der Waals surface area contributed by atoms with Gasteiger partial charge < -0.3 is 15.2 Å². The number of rotatable bonds is 3. The van der Waals surface area contributed by atoms with Crippen molar-refractivity contribution < 1.29 is 0 Å². The Balaban J connectivity index is 1.65. The summed E-state index contributed by atoms with van der Waals surface area (Å²) in [6, 6.07) is 2.65. The number of piperazine rings is 1. The minimum absolute atomic E-state index is 0.367. The van der Waals surface area contributed by atoms with Gasteiger partial charge in [0.1, 0.15) is 16.7 Å². The molecule has 4 aromatic heterocycles. The molecular weight excluding hydrogens is 370 g/mol. The van der Waals surface area contributed by atoms with Crippen LogP contribution in [0.15, 0.2) is 18.6 Å². The fourth-order valence-electron chi connectivity index (χ4n) is 4.14. The van der Waals surface area contributed by atoms with Crippen molar-refractivity contribution >= 4 is 32.5 Å². The van der Waals surface area contributed by atoms with Crippen LogP contribution < -0.4 is 10.2 Å². The van der Waals surface area contributed by atoms with Crippen LogP contribution in [0.3, 0.4) is 0 Å². The lowest BCUT2D eigenvalue weighted by atomic mass is 9.99. The molecule has 0 amide bonds. The largest absolute Gasteiger partial charge is 0.345 e. The molecular formula is C20H25N7S. The van der Waals surface area contributed by atoms with E-state index in [9.17, 15) is 0 Å². The Bertz CT molecular complexity index is 1150. The third kappa shape index (κ3) is 2.70. The Hall–Kier alpha value is -2.45. The molecule has 4 aromatic rings. The van der Waals surface area contributed by atoms with Crippen LogP contribution >= 0.6 is 11.3 Å². The second-order valence-corrected chi connectivity index (χ2v) is 8.91. The van der Waals surface area contributed by atoms with Crippen LogP contribution in [0.4, 0.5) is 5.13 Å². The van der Waals surface area contributed by atoms with E-state index >= 15 is 0 Å². The Morgan fingerprint density at radius 3 is 2.96 bits per heavy atom. The molecule has 1 fully saturated rings. The van der Waals surface area contributed by atoms with Gasteiger partial charge in [0, 0.05) is 43.0 Å². The normalized spacial score (nSPS) is 18.0. The maximum Gasteiger partial charge on any atom is 0.188 e. The zero-order chi connectivity index (χ0) is 19.4. The van der Waals surface area contributed by atoms with Gasteiger partial charge in [0.2, 0.25) is 0 Å². The van der Waals surface area contributed by atoms with Crippen LogP contribution in [-0.4, -0.2) is 50.2 Å². The third-order valence-corrected chi connectivity index (χ3v) is 6.56. The number of aromatic amines is 1. The lowest BCUT2D eigenvalue weighted by Crippen LogP contribution is -2.49. The van der Waals surface area contributed by atoms with E-state index in [2.05, 4.69) is 65.2 Å². The molecule has 0 aromatic carbocycles. The van der Waals surface area contributed by atoms with Crippen molar-refractivity contribution in [2.75, 3.05) is 24.5 Å². The van der Waals surface area contributed by atoms with E-state index in [4.69, 9.17) is 4.98 Å². The molecule has 0 spiro atoms. The summed E-state index contributed by atoms with van der Waals surface area (Å²) in [4.78, 5) is 16.7. The van der Waals surface area contributed by atoms with Crippen LogP contribution in [-0.2, 0) is 0 Å². The molecule has 1 aliphatic heterocycles. The van der Waals surface area contributed by atoms with E-state index in [0.717, 1.165) is 57.6 Å². The Morgan fingerprint density at radius 1 is 1.32 bits per heavy atom. The lowest BCUT2D eigenvalue weighted by molar-refractivity contribution is 0.500. The predicted molar refractivity (Wildman–Crippen MR) is 114 cm³/mol. The summed E-state index contributed by atoms with van der Waals surface area (Å²) in [5.41, 5.74) is 6.67. The minimum atomic E-state index is 0.367. The molecule has 8 heteroatoms. The van der Waals surface area contributed by atoms with Gasteiger partial charge in [0.15, 0.2) is 10.8 Å². The van der Waals surface area contributed by atoms with Gasteiger partial charge in [-0.3, -0.25) is 0 Å². The zero-order valence-corrected chi connectivity index (χ0v) is 17.5. The summed E-state index contributed by atoms with van der Waals surface area (Å²) in [6.45, 7) is 11.8. The number of nitrogens with zero attached hydrogens (tertiary/aromatic N) is 5. The Morgan fingerprint density at radius 2 is 2.18 bits per heavy atom. The number of hydrogen-bond donors (Lipinski definition) is 2. The maximum absolute atomic E-state index is 5.08. The molecule has 28 heavy (non-hydrogen) atoms. The van der Waals surface area contributed by atoms with Gasteiger partial charge in [-0.2, -0.15) is 5.10 Å². The van der Waals surface area contributed by atoms with Crippen LogP contribution in [0.2, 0.25) is 0 Å². The topological polar surface area (TPSA) is 74.1 Å². The average Bonchev–Trinajstić information content (AvgIpc) is 3.35. The number of fused-ring (bicyclic) bond motifs is 2. The number of aryl methyl sites for hydroxylation is 1. The van der Waals surface area contributed by atoms with Crippen molar-refractivity contribution in [2.45, 2.75) is 39.7 Å². The van der Waals surface area contributed by atoms with E-state index in [1.54, 1.807) is 17.7 Å². The van der Waals surface area contributed by atoms with E-state index < -0.39 is 0 Å². The van der Waals surface area contributed by atoms with Crippen molar-refractivity contribution in [1.29, 1.82) is 0 Å². The van der Waals surface area contributed by atoms with Crippen molar-refractivity contribution in [3.05, 3.63) is 29.7 Å². The fourth-order valence-corrected chi connectivity index (χ4v) is 5.26. The number of thiazole rings is 1. The first-order valence-corrected chi connectivity index (χ1v) is 10.6. The van der Waals surface area contributed by atoms with Gasteiger partial charge in [0.05, 0.1) is 5.69 Å². The monoisotopic (exact) mass is 395 g/mol. The lowest BCUT2D eigenvalue weighted by Gasteiger charge is -2.33. The number of aromatic nitrogens is 5. The molecule has 7 nitrogen and oxygen atoms in total. The average molecular weight is 396 g/mol. The first-order chi connectivity index (χ1) is 13.5. The number of anilines is 1. The number of H-pyrrole nitrogens is 1. The molecule has 1 atom stereocenters. The standard InChI is InChI=1S/C20H25N7S/c1-11(2)15-16(14-7-12(3)18-22-10-23-27(18)9-14)24-19-17(15)25-20(28-19)26-6-5-21-8-13(26)4/h7,9-11,13,21,24H,5-6,8H2,1-4H3/t13-/m1/s1. The summed E-state index contributed by atoms with van der Waals surface area (Å²) in [7, 11) is 0. The molecule has 2 N–H and O–H groups in total. The smallest absolute Gasteiger partial charge is 0.188 e. The quantitative estimate of drug-likeness (QED) is 0.555. The second kappa shape index (κ2) is 6.56. The van der Waals surface area contributed by atoms with E-state index in [-0.39, 0.29) is 0 Å². The van der Waals surface area contributed by atoms with E-state index in [1.165, 1.54) is 5.56 Å². The molecule has 5 rings (SSSR count). The number of pyridine rings is 1. The van der Waals surface area contributed by atoms with Crippen LogP contribution in [0.25, 0.3) is 27.3 Å². The first-order valence-electron chi connectivity index (χ1n) is 9.83. The van der Waals surface area contributed by atoms with Gasteiger partial charge in [-0.15, -0.1) is 0 Å². The maximum atomic E-state index is 5.08. The van der Waals surface area contributed by atoms with Gasteiger partial charge in [-0.05, 0) is 31.4 Å². The minimum Gasteiger partial charge on any atom is -0.345 e. The van der Waals surface area contributed by atoms with Crippen molar-refractivity contribution in [2.24, 2.45) is 0 Å². The molecule has 1 aliphatic rings. The van der Waals surface area contributed by atoms with Gasteiger partial charge >= 0.3 is 0 Å². The number of hydrogen-bond acceptors (Lipinski definition) is 6. The molecule has 146 valence electrons. The predicted octanol–water partition coefficient (Wildman–Crippen LogP) is 3.56. The van der Waals surface area contributed by atoms with E-state index in [1.807, 2.05) is 4.52 Å². The zero-order valence-electron chi connectivity index (χ0n) is 16.7. The summed E-state index contributed by atoms with van der Waals surface area (Å²) in [5.74, 6) is 0.367. The molecule has 0 radical (unpaired) electrons. The van der Waals surface area contributed by atoms with Crippen LogP contribution in [0.1, 0.15) is 37.8 Å². The second-order valence-electron chi connectivity index (χ2n) is 7.93. The SMILES string of the molecule is Cc1cc(-c2[nH]c3sc(N4CCNC[C@H]4C)nc3c2C(C)C)cn2ncnc12. The fraction of sp³-hybridized carbons (Fsp3) is 0.450. The van der Waals surface area contributed by atoms with Gasteiger partial charge in [-0.25, -0.2) is 14.5 Å². The van der Waals surface area contributed by atoms with Gasteiger partial charge in [-0.1, -0.05) is 25.2 Å². The summed E-state index contributed by atoms with van der Waals surface area (Å²) in [6.07, 6.45) is 3.65. The molecule has 0 unspecified atom stereocenters. The Kier molecular flexibility index (Phi) is 4.13. The highest BCUT2D eigenvalue weighted by atomic mass is 32.1. The third-order valence-electron chi connectivity index (χ3n) is 5.55. The summed E-state index contributed by atoms with van der Waals surface area (Å²) in [5, 5.41) is 8.90. The highest BCUT2D eigenvalue weighted by Crippen LogP contribution is 2.40. The van der Waals surface area contributed by atoms with Crippen molar-refractivity contribution in [1.82, 2.24) is 29.9 Å². The highest BCUT2D eigenvalue weighted by Gasteiger charge is 2.25. The van der Waals surface area contributed by atoms with Gasteiger partial charge in [0.25, 0.3) is 0 Å². The first kappa shape index (κ1) is 17.6. The molecule has 0 bridgehead atoms. The summed E-state index contributed by atoms with van der Waals surface area (Å²) < 4.78 is 1.85. The highest BCUT2D eigenvalue weighted by molar-refractivity contribution is 7.21. The number of nitrogens with one attached hydrogen (secondary N) is 2. The molecule has 5 heterocycles. The Labute approximate surface area is 167 Å². The van der Waals surface area contributed by atoms with E-state index in [0.29, 0.717) is 12.0 Å². The molecule has 0 aliphatic carbocycles. The summed E-state index contributed by atoms with van der Waals surface area (Å²) >= 11 is 1.76. The van der Waals surface area contributed by atoms with Crippen molar-refractivity contribution in [3.8, 4) is 11.3 Å². The van der Waals surface area contributed by atoms with Crippen LogP contribution in [0, 0.1) is 6.92 Å².